The molecule has 3 aromatic rings. The maximum Gasteiger partial charge on any atom is 0.277 e. The van der Waals surface area contributed by atoms with Gasteiger partial charge in [0, 0.05) is 5.92 Å². The van der Waals surface area contributed by atoms with Crippen molar-refractivity contribution in [1.82, 2.24) is 19.7 Å². The predicted molar refractivity (Wildman–Crippen MR) is 88.7 cm³/mol. The number of hydrogen-bond donors (Lipinski definition) is 2. The molecule has 1 aromatic carbocycles. The van der Waals surface area contributed by atoms with E-state index in [0.29, 0.717) is 16.9 Å². The Morgan fingerprint density at radius 3 is 2.61 bits per heavy atom. The highest BCUT2D eigenvalue weighted by molar-refractivity contribution is 5.77. The number of H-pyrrole nitrogens is 1. The molecule has 2 heterocycles. The topological polar surface area (TPSA) is 83.8 Å². The van der Waals surface area contributed by atoms with Crippen LogP contribution in [0.25, 0.3) is 11.0 Å². The third kappa shape index (κ3) is 2.77. The lowest BCUT2D eigenvalue weighted by Crippen LogP contribution is -2.15. The highest BCUT2D eigenvalue weighted by Crippen LogP contribution is 2.27. The molecule has 0 aliphatic heterocycles. The fraction of sp³-hybridized carbons (Fsp3) is 0.353. The molecule has 6 nitrogen and oxygen atoms in total. The third-order valence-electron chi connectivity index (χ3n) is 4.04. The van der Waals surface area contributed by atoms with Gasteiger partial charge in [-0.2, -0.15) is 5.10 Å². The molecule has 6 heteroatoms. The molecule has 0 saturated heterocycles. The number of benzene rings is 1. The summed E-state index contributed by atoms with van der Waals surface area (Å²) in [5.74, 6) is 0.565. The smallest absolute Gasteiger partial charge is 0.277 e. The van der Waals surface area contributed by atoms with Gasteiger partial charge < -0.3 is 10.1 Å². The second-order valence-corrected chi connectivity index (χ2v) is 5.81. The van der Waals surface area contributed by atoms with E-state index in [9.17, 15) is 9.90 Å². The first-order chi connectivity index (χ1) is 11.0. The number of rotatable bonds is 4. The van der Waals surface area contributed by atoms with Gasteiger partial charge in [0.15, 0.2) is 5.52 Å². The predicted octanol–water partition coefficient (Wildman–Crippen LogP) is 1.88. The number of nitrogens with one attached hydrogen (secondary N) is 1. The molecule has 3 rings (SSSR count). The fourth-order valence-electron chi connectivity index (χ4n) is 2.79. The van der Waals surface area contributed by atoms with Gasteiger partial charge in [-0.3, -0.25) is 9.48 Å². The highest BCUT2D eigenvalue weighted by atomic mass is 16.3. The molecule has 0 amide bonds. The number of aryl methyl sites for hydroxylation is 2. The zero-order valence-electron chi connectivity index (χ0n) is 13.5. The van der Waals surface area contributed by atoms with Gasteiger partial charge in [0.1, 0.15) is 11.3 Å². The number of fused-ring (bicyclic) bond motifs is 1. The van der Waals surface area contributed by atoms with E-state index in [1.165, 1.54) is 5.56 Å². The number of aromatic amines is 1. The molecule has 120 valence electrons. The molecule has 0 aliphatic carbocycles. The van der Waals surface area contributed by atoms with Crippen LogP contribution in [0.15, 0.2) is 29.1 Å². The molecule has 0 unspecified atom stereocenters. The molecule has 0 saturated carbocycles. The van der Waals surface area contributed by atoms with Crippen molar-refractivity contribution in [3.8, 4) is 0 Å². The summed E-state index contributed by atoms with van der Waals surface area (Å²) in [7, 11) is 0. The lowest BCUT2D eigenvalue weighted by Gasteiger charge is -2.10. The quantitative estimate of drug-likeness (QED) is 0.770. The number of aliphatic hydroxyl groups excluding tert-OH is 1. The van der Waals surface area contributed by atoms with E-state index in [0.717, 1.165) is 11.3 Å². The Labute approximate surface area is 133 Å². The first kappa shape index (κ1) is 15.4. The van der Waals surface area contributed by atoms with E-state index in [1.807, 2.05) is 13.8 Å². The zero-order chi connectivity index (χ0) is 16.6. The number of nitrogens with zero attached hydrogens (tertiary/aromatic N) is 3. The van der Waals surface area contributed by atoms with E-state index in [1.54, 1.807) is 11.6 Å². The van der Waals surface area contributed by atoms with Crippen LogP contribution in [0.2, 0.25) is 0 Å². The van der Waals surface area contributed by atoms with Crippen molar-refractivity contribution < 1.29 is 5.11 Å². The van der Waals surface area contributed by atoms with Crippen LogP contribution in [0, 0.1) is 13.8 Å². The van der Waals surface area contributed by atoms with Crippen LogP contribution in [-0.4, -0.2) is 31.5 Å². The van der Waals surface area contributed by atoms with Crippen LogP contribution in [0.5, 0.6) is 0 Å². The van der Waals surface area contributed by atoms with Gasteiger partial charge >= 0.3 is 0 Å². The Bertz CT molecular complexity index is 893. The summed E-state index contributed by atoms with van der Waals surface area (Å²) in [6, 6.07) is 8.25. The van der Waals surface area contributed by atoms with Crippen LogP contribution in [0.4, 0.5) is 0 Å². The number of hydrogen-bond acceptors (Lipinski definition) is 4. The Balaban J connectivity index is 2.20. The first-order valence-electron chi connectivity index (χ1n) is 7.66. The minimum Gasteiger partial charge on any atom is -0.394 e. The summed E-state index contributed by atoms with van der Waals surface area (Å²) < 4.78 is 1.54. The molecule has 23 heavy (non-hydrogen) atoms. The summed E-state index contributed by atoms with van der Waals surface area (Å²) in [4.78, 5) is 19.5. The van der Waals surface area contributed by atoms with Crippen LogP contribution >= 0.6 is 0 Å². The van der Waals surface area contributed by atoms with Gasteiger partial charge in [-0.05, 0) is 19.4 Å². The van der Waals surface area contributed by atoms with E-state index in [-0.39, 0.29) is 24.6 Å². The Kier molecular flexibility index (Phi) is 4.00. The van der Waals surface area contributed by atoms with Gasteiger partial charge in [-0.15, -0.1) is 0 Å². The molecular weight excluding hydrogens is 292 g/mol. The molecule has 0 radical (unpaired) electrons. The molecule has 0 bridgehead atoms. The molecule has 0 fully saturated rings. The van der Waals surface area contributed by atoms with E-state index in [2.05, 4.69) is 39.3 Å². The lowest BCUT2D eigenvalue weighted by molar-refractivity contribution is 0.271. The molecule has 2 aromatic heterocycles. The highest BCUT2D eigenvalue weighted by Gasteiger charge is 2.21. The Morgan fingerprint density at radius 2 is 1.96 bits per heavy atom. The Hall–Kier alpha value is -2.47. The second-order valence-electron chi connectivity index (χ2n) is 5.81. The van der Waals surface area contributed by atoms with Gasteiger partial charge in [0.05, 0.1) is 18.8 Å². The normalized spacial score (nSPS) is 12.7. The maximum absolute atomic E-state index is 12.3. The standard InChI is InChI=1S/C17H20N4O2/c1-10-4-6-13(7-5-10)11(2)14-15-16(21(20-14)8-9-22)17(23)19-12(3)18-15/h4-7,11,22H,8-9H2,1-3H3,(H,18,19,23)/t11-/m1/s1. The zero-order valence-corrected chi connectivity index (χ0v) is 13.5. The third-order valence-corrected chi connectivity index (χ3v) is 4.04. The minimum absolute atomic E-state index is 0.00624. The van der Waals surface area contributed by atoms with Gasteiger partial charge in [0.25, 0.3) is 5.56 Å². The Morgan fingerprint density at radius 1 is 1.26 bits per heavy atom. The largest absolute Gasteiger partial charge is 0.394 e. The van der Waals surface area contributed by atoms with Crippen molar-refractivity contribution in [3.63, 3.8) is 0 Å². The average molecular weight is 312 g/mol. The SMILES string of the molecule is Cc1ccc([C@@H](C)c2nn(CCO)c3c(=O)[nH]c(C)nc23)cc1. The maximum atomic E-state index is 12.3. The van der Waals surface area contributed by atoms with Crippen molar-refractivity contribution in [2.24, 2.45) is 0 Å². The van der Waals surface area contributed by atoms with E-state index >= 15 is 0 Å². The summed E-state index contributed by atoms with van der Waals surface area (Å²) in [5.41, 5.74) is 3.86. The van der Waals surface area contributed by atoms with Crippen LogP contribution < -0.4 is 5.56 Å². The summed E-state index contributed by atoms with van der Waals surface area (Å²) in [5, 5.41) is 13.8. The van der Waals surface area contributed by atoms with E-state index in [4.69, 9.17) is 0 Å². The molecular formula is C17H20N4O2. The van der Waals surface area contributed by atoms with Gasteiger partial charge in [-0.25, -0.2) is 4.98 Å². The number of aliphatic hydroxyl groups is 1. The second kappa shape index (κ2) is 5.96. The van der Waals surface area contributed by atoms with Crippen molar-refractivity contribution >= 4 is 11.0 Å². The average Bonchev–Trinajstić information content (AvgIpc) is 2.86. The van der Waals surface area contributed by atoms with Crippen molar-refractivity contribution in [3.05, 3.63) is 57.3 Å². The van der Waals surface area contributed by atoms with Crippen LogP contribution in [0.1, 0.15) is 35.5 Å². The molecule has 2 N–H and O–H groups in total. The van der Waals surface area contributed by atoms with Crippen molar-refractivity contribution in [1.29, 1.82) is 0 Å². The summed E-state index contributed by atoms with van der Waals surface area (Å²) in [6.07, 6.45) is 0. The molecule has 0 spiro atoms. The van der Waals surface area contributed by atoms with Crippen molar-refractivity contribution in [2.75, 3.05) is 6.61 Å². The van der Waals surface area contributed by atoms with Gasteiger partial charge in [-0.1, -0.05) is 36.8 Å². The van der Waals surface area contributed by atoms with Crippen LogP contribution in [0.3, 0.4) is 0 Å². The minimum atomic E-state index is -0.226. The fourth-order valence-corrected chi connectivity index (χ4v) is 2.79. The van der Waals surface area contributed by atoms with E-state index < -0.39 is 0 Å². The monoisotopic (exact) mass is 312 g/mol. The first-order valence-corrected chi connectivity index (χ1v) is 7.66. The van der Waals surface area contributed by atoms with Crippen molar-refractivity contribution in [2.45, 2.75) is 33.2 Å². The molecule has 0 aliphatic rings. The van der Waals surface area contributed by atoms with Crippen LogP contribution in [-0.2, 0) is 6.54 Å². The summed E-state index contributed by atoms with van der Waals surface area (Å²) >= 11 is 0. The number of aromatic nitrogens is 4. The molecule has 1 atom stereocenters. The summed E-state index contributed by atoms with van der Waals surface area (Å²) in [6.45, 7) is 6.04. The van der Waals surface area contributed by atoms with Gasteiger partial charge in [0.2, 0.25) is 0 Å². The lowest BCUT2D eigenvalue weighted by atomic mass is 9.96.